The number of benzene rings is 1. The van der Waals surface area contributed by atoms with Crippen molar-refractivity contribution in [1.82, 2.24) is 20.4 Å². The van der Waals surface area contributed by atoms with Crippen molar-refractivity contribution in [2.45, 2.75) is 69.2 Å². The van der Waals surface area contributed by atoms with Gasteiger partial charge in [0.1, 0.15) is 11.6 Å². The number of hydrogen-bond donors (Lipinski definition) is 4. The molecule has 0 aliphatic rings. The lowest BCUT2D eigenvalue weighted by Crippen LogP contribution is -2.39. The van der Waals surface area contributed by atoms with Crippen LogP contribution in [0.4, 0.5) is 44.2 Å². The molecule has 0 fully saturated rings. The number of urea groups is 2. The molecule has 0 spiro atoms. The summed E-state index contributed by atoms with van der Waals surface area (Å²) in [6.07, 6.45) is 0. The first-order valence-electron chi connectivity index (χ1n) is 16.2. The minimum absolute atomic E-state index is 0.190. The van der Waals surface area contributed by atoms with Gasteiger partial charge in [-0.2, -0.15) is 0 Å². The minimum Gasteiger partial charge on any atom is -0.368 e. The van der Waals surface area contributed by atoms with Crippen molar-refractivity contribution in [3.63, 3.8) is 0 Å². The number of amides is 4. The van der Waals surface area contributed by atoms with Crippen LogP contribution in [-0.4, -0.2) is 58.6 Å². The summed E-state index contributed by atoms with van der Waals surface area (Å²) in [5.41, 5.74) is 2.89. The van der Waals surface area contributed by atoms with Crippen molar-refractivity contribution in [2.24, 2.45) is 23.7 Å². The van der Waals surface area contributed by atoms with Gasteiger partial charge in [-0.3, -0.25) is 9.80 Å². The molecule has 0 saturated heterocycles. The minimum atomic E-state index is -0.335. The first-order valence-corrected chi connectivity index (χ1v) is 16.2. The molecule has 0 aliphatic heterocycles. The number of aromatic nitrogens is 4. The molecule has 1 aromatic carbocycles. The van der Waals surface area contributed by atoms with E-state index >= 15 is 0 Å². The Hall–Kier alpha value is -4.48. The number of nitrogens with zero attached hydrogens (tertiary/aromatic N) is 6. The average Bonchev–Trinajstić information content (AvgIpc) is 2.99. The van der Waals surface area contributed by atoms with E-state index < -0.39 is 0 Å². The maximum absolute atomic E-state index is 13.7. The van der Waals surface area contributed by atoms with Crippen LogP contribution in [-0.2, 0) is 0 Å². The molecule has 0 atom stereocenters. The van der Waals surface area contributed by atoms with E-state index in [0.717, 1.165) is 24.2 Å². The van der Waals surface area contributed by atoms with E-state index in [9.17, 15) is 9.59 Å². The van der Waals surface area contributed by atoms with Crippen LogP contribution in [0.1, 0.15) is 66.5 Å². The van der Waals surface area contributed by atoms with Gasteiger partial charge < -0.3 is 21.3 Å². The summed E-state index contributed by atoms with van der Waals surface area (Å²) in [5.74, 6) is 3.54. The van der Waals surface area contributed by atoms with Crippen molar-refractivity contribution >= 4 is 46.7 Å². The van der Waals surface area contributed by atoms with Crippen LogP contribution in [0.2, 0.25) is 0 Å². The highest BCUT2D eigenvalue weighted by atomic mass is 16.2. The van der Waals surface area contributed by atoms with Crippen molar-refractivity contribution in [1.29, 1.82) is 0 Å². The molecule has 0 aliphatic carbocycles. The molecule has 46 heavy (non-hydrogen) atoms. The summed E-state index contributed by atoms with van der Waals surface area (Å²) >= 11 is 0. The molecule has 4 N–H and O–H groups in total. The monoisotopic (exact) mass is 632 g/mol. The summed E-state index contributed by atoms with van der Waals surface area (Å²) in [7, 11) is 0. The second kappa shape index (κ2) is 16.7. The molecule has 3 rings (SSSR count). The van der Waals surface area contributed by atoms with E-state index in [1.165, 1.54) is 0 Å². The molecule has 2 heterocycles. The third-order valence-corrected chi connectivity index (χ3v) is 6.88. The number of carbonyl (C=O) groups is 2. The quantitative estimate of drug-likeness (QED) is 0.144. The molecule has 3 aromatic rings. The third-order valence-electron chi connectivity index (χ3n) is 6.88. The Kier molecular flexibility index (Phi) is 13.1. The average molecular weight is 633 g/mol. The SMILES string of the molecule is Cc1cc(C)c(NC(=O)N(CC(C)C)c2ccc(NCC(C)C)nn2)cc1NC(=O)N(CC(C)C)c1ccc(NCC(C)C)nn1. The summed E-state index contributed by atoms with van der Waals surface area (Å²) in [6, 6.07) is 10.3. The van der Waals surface area contributed by atoms with Gasteiger partial charge >= 0.3 is 12.1 Å². The van der Waals surface area contributed by atoms with E-state index in [4.69, 9.17) is 0 Å². The second-order valence-corrected chi connectivity index (χ2v) is 13.5. The zero-order valence-corrected chi connectivity index (χ0v) is 29.1. The highest BCUT2D eigenvalue weighted by Crippen LogP contribution is 2.27. The zero-order chi connectivity index (χ0) is 34.0. The highest BCUT2D eigenvalue weighted by molar-refractivity contribution is 6.04. The van der Waals surface area contributed by atoms with Crippen LogP contribution in [0.5, 0.6) is 0 Å². The molecule has 0 bridgehead atoms. The van der Waals surface area contributed by atoms with E-state index in [2.05, 4.69) is 69.4 Å². The van der Waals surface area contributed by atoms with Crippen LogP contribution in [0, 0.1) is 37.5 Å². The van der Waals surface area contributed by atoms with Crippen molar-refractivity contribution in [2.75, 3.05) is 57.2 Å². The number of aryl methyl sites for hydroxylation is 2. The highest BCUT2D eigenvalue weighted by Gasteiger charge is 2.23. The topological polar surface area (TPSA) is 140 Å². The Morgan fingerprint density at radius 3 is 1.28 bits per heavy atom. The Morgan fingerprint density at radius 2 is 0.978 bits per heavy atom. The van der Waals surface area contributed by atoms with E-state index in [0.29, 0.717) is 59.6 Å². The lowest BCUT2D eigenvalue weighted by atomic mass is 10.1. The lowest BCUT2D eigenvalue weighted by molar-refractivity contribution is 0.255. The summed E-state index contributed by atoms with van der Waals surface area (Å²) in [5, 5.41) is 29.8. The number of hydrogen-bond acceptors (Lipinski definition) is 8. The molecular weight excluding hydrogens is 580 g/mol. The molecular formula is C34H52N10O2. The predicted octanol–water partition coefficient (Wildman–Crippen LogP) is 7.41. The smallest absolute Gasteiger partial charge is 0.327 e. The largest absolute Gasteiger partial charge is 0.368 e. The predicted molar refractivity (Wildman–Crippen MR) is 189 cm³/mol. The van der Waals surface area contributed by atoms with Gasteiger partial charge in [-0.1, -0.05) is 61.5 Å². The van der Waals surface area contributed by atoms with Crippen LogP contribution in [0.15, 0.2) is 36.4 Å². The Balaban J connectivity index is 1.81. The van der Waals surface area contributed by atoms with Gasteiger partial charge in [0.15, 0.2) is 11.6 Å². The van der Waals surface area contributed by atoms with Gasteiger partial charge in [0.05, 0.1) is 0 Å². The van der Waals surface area contributed by atoms with E-state index in [1.54, 1.807) is 28.0 Å². The number of anilines is 6. The maximum atomic E-state index is 13.7. The summed E-state index contributed by atoms with van der Waals surface area (Å²) in [6.45, 7) is 22.9. The van der Waals surface area contributed by atoms with Gasteiger partial charge in [0.25, 0.3) is 0 Å². The Morgan fingerprint density at radius 1 is 0.587 bits per heavy atom. The van der Waals surface area contributed by atoms with E-state index in [-0.39, 0.29) is 23.9 Å². The maximum Gasteiger partial charge on any atom is 0.327 e. The van der Waals surface area contributed by atoms with Gasteiger partial charge in [-0.15, -0.1) is 20.4 Å². The van der Waals surface area contributed by atoms with Crippen LogP contribution < -0.4 is 31.1 Å². The molecule has 0 saturated carbocycles. The fourth-order valence-corrected chi connectivity index (χ4v) is 4.52. The third kappa shape index (κ3) is 10.8. The van der Waals surface area contributed by atoms with Gasteiger partial charge in [-0.05, 0) is 79.0 Å². The van der Waals surface area contributed by atoms with Gasteiger partial charge in [0.2, 0.25) is 0 Å². The molecule has 12 heteroatoms. The first kappa shape index (κ1) is 36.0. The van der Waals surface area contributed by atoms with E-state index in [1.807, 2.05) is 59.7 Å². The fourth-order valence-electron chi connectivity index (χ4n) is 4.52. The molecule has 4 amide bonds. The number of carbonyl (C=O) groups excluding carboxylic acids is 2. The molecule has 250 valence electrons. The summed E-state index contributed by atoms with van der Waals surface area (Å²) in [4.78, 5) is 30.5. The normalized spacial score (nSPS) is 11.3. The van der Waals surface area contributed by atoms with Crippen molar-refractivity contribution in [3.8, 4) is 0 Å². The lowest BCUT2D eigenvalue weighted by Gasteiger charge is -2.26. The number of nitrogens with one attached hydrogen (secondary N) is 4. The Bertz CT molecular complexity index is 1320. The molecule has 2 aromatic heterocycles. The summed E-state index contributed by atoms with van der Waals surface area (Å²) < 4.78 is 0. The fraction of sp³-hybridized carbons (Fsp3) is 0.529. The molecule has 0 unspecified atom stereocenters. The molecule has 12 nitrogen and oxygen atoms in total. The van der Waals surface area contributed by atoms with Crippen molar-refractivity contribution in [3.05, 3.63) is 47.5 Å². The standard InChI is InChI=1S/C34H52N10O2/c1-21(2)17-35-29-11-13-31(41-39-29)43(19-23(5)6)33(45)37-27-16-28(26(10)15-25(27)9)38-34(46)44(20-24(7)8)32-14-12-30(40-42-32)36-18-22(3)4/h11-16,21-24H,17-20H2,1-10H3,(H,35,39)(H,36,40)(H,37,45)(H,38,46). The number of rotatable bonds is 14. The Labute approximate surface area is 274 Å². The van der Waals surface area contributed by atoms with Gasteiger partial charge in [-0.25, -0.2) is 9.59 Å². The molecule has 0 radical (unpaired) electrons. The van der Waals surface area contributed by atoms with Crippen LogP contribution >= 0.6 is 0 Å². The van der Waals surface area contributed by atoms with Crippen LogP contribution in [0.25, 0.3) is 0 Å². The second-order valence-electron chi connectivity index (χ2n) is 13.5. The van der Waals surface area contributed by atoms with Crippen LogP contribution in [0.3, 0.4) is 0 Å². The van der Waals surface area contributed by atoms with Crippen molar-refractivity contribution < 1.29 is 9.59 Å². The first-order chi connectivity index (χ1) is 21.7. The van der Waals surface area contributed by atoms with Gasteiger partial charge in [0, 0.05) is 37.6 Å². The zero-order valence-electron chi connectivity index (χ0n) is 29.1.